The van der Waals surface area contributed by atoms with Gasteiger partial charge in [0.15, 0.2) is 6.54 Å². The van der Waals surface area contributed by atoms with E-state index in [0.29, 0.717) is 0 Å². The Morgan fingerprint density at radius 3 is 2.50 bits per heavy atom. The van der Waals surface area contributed by atoms with Gasteiger partial charge in [0, 0.05) is 18.7 Å². The van der Waals surface area contributed by atoms with E-state index < -0.39 is 0 Å². The molecule has 26 heavy (non-hydrogen) atoms. The SMILES string of the molecule is C=CC[N+]1=C(C=NN(C)c2ccc(OC)cc2)C(C)(C)c2ccccc21. The van der Waals surface area contributed by atoms with E-state index in [1.165, 1.54) is 17.0 Å². The zero-order valence-electron chi connectivity index (χ0n) is 15.9. The Morgan fingerprint density at radius 1 is 1.15 bits per heavy atom. The van der Waals surface area contributed by atoms with Crippen LogP contribution < -0.4 is 9.75 Å². The van der Waals surface area contributed by atoms with Gasteiger partial charge in [0.05, 0.1) is 18.2 Å². The van der Waals surface area contributed by atoms with Crippen LogP contribution in [-0.4, -0.2) is 37.2 Å². The van der Waals surface area contributed by atoms with Gasteiger partial charge in [-0.1, -0.05) is 24.8 Å². The summed E-state index contributed by atoms with van der Waals surface area (Å²) < 4.78 is 7.50. The molecule has 0 aliphatic carbocycles. The summed E-state index contributed by atoms with van der Waals surface area (Å²) in [5, 5.41) is 6.57. The van der Waals surface area contributed by atoms with Crippen LogP contribution >= 0.6 is 0 Å². The van der Waals surface area contributed by atoms with Gasteiger partial charge in [-0.3, -0.25) is 5.01 Å². The summed E-state index contributed by atoms with van der Waals surface area (Å²) in [6, 6.07) is 16.4. The molecule has 0 unspecified atom stereocenters. The Hall–Kier alpha value is -2.88. The lowest BCUT2D eigenvalue weighted by molar-refractivity contribution is -0.424. The lowest BCUT2D eigenvalue weighted by Gasteiger charge is -2.17. The molecule has 4 nitrogen and oxygen atoms in total. The number of fused-ring (bicyclic) bond motifs is 1. The Balaban J connectivity index is 1.94. The van der Waals surface area contributed by atoms with Gasteiger partial charge in [0.25, 0.3) is 0 Å². The molecule has 0 atom stereocenters. The first-order chi connectivity index (χ1) is 12.5. The summed E-state index contributed by atoms with van der Waals surface area (Å²) in [5.41, 5.74) is 4.61. The average molecular weight is 348 g/mol. The van der Waals surface area contributed by atoms with Gasteiger partial charge >= 0.3 is 0 Å². The van der Waals surface area contributed by atoms with E-state index in [1.54, 1.807) is 7.11 Å². The van der Waals surface area contributed by atoms with Crippen molar-refractivity contribution in [3.05, 3.63) is 66.7 Å². The van der Waals surface area contributed by atoms with Gasteiger partial charge in [-0.2, -0.15) is 9.68 Å². The van der Waals surface area contributed by atoms with Crippen molar-refractivity contribution in [3.8, 4) is 5.75 Å². The summed E-state index contributed by atoms with van der Waals surface area (Å²) in [5.74, 6) is 0.838. The summed E-state index contributed by atoms with van der Waals surface area (Å²) >= 11 is 0. The standard InChI is InChI=1S/C22H26N3O/c1-6-15-25-20-10-8-7-9-19(20)22(2,3)21(25)16-23-24(4)17-11-13-18(26-5)14-12-17/h6-14,16H,1,15H2,2-5H3/q+1. The lowest BCUT2D eigenvalue weighted by atomic mass is 9.82. The Bertz CT molecular complexity index is 863. The smallest absolute Gasteiger partial charge is 0.212 e. The maximum absolute atomic E-state index is 5.22. The van der Waals surface area contributed by atoms with Crippen LogP contribution in [-0.2, 0) is 5.41 Å². The molecule has 0 spiro atoms. The topological polar surface area (TPSA) is 27.8 Å². The zero-order chi connectivity index (χ0) is 18.7. The molecule has 0 saturated heterocycles. The average Bonchev–Trinajstić information content (AvgIpc) is 2.87. The molecule has 0 N–H and O–H groups in total. The van der Waals surface area contributed by atoms with Gasteiger partial charge in [-0.15, -0.1) is 0 Å². The van der Waals surface area contributed by atoms with Crippen LogP contribution in [0.1, 0.15) is 19.4 Å². The molecule has 2 aromatic carbocycles. The molecule has 4 heteroatoms. The highest BCUT2D eigenvalue weighted by molar-refractivity contribution is 6.33. The quantitative estimate of drug-likeness (QED) is 0.335. The minimum Gasteiger partial charge on any atom is -0.497 e. The van der Waals surface area contributed by atoms with Crippen LogP contribution in [0.25, 0.3) is 0 Å². The van der Waals surface area contributed by atoms with E-state index in [2.05, 4.69) is 49.3 Å². The molecular weight excluding hydrogens is 322 g/mol. The van der Waals surface area contributed by atoms with Crippen LogP contribution in [0.2, 0.25) is 0 Å². The third-order valence-corrected chi connectivity index (χ3v) is 4.91. The number of hydrogen-bond acceptors (Lipinski definition) is 3. The Kier molecular flexibility index (Phi) is 4.94. The number of methoxy groups -OCH3 is 1. The Labute approximate surface area is 155 Å². The van der Waals surface area contributed by atoms with E-state index in [0.717, 1.165) is 18.0 Å². The van der Waals surface area contributed by atoms with Crippen LogP contribution in [0.3, 0.4) is 0 Å². The summed E-state index contributed by atoms with van der Waals surface area (Å²) in [4.78, 5) is 0. The number of rotatable bonds is 6. The van der Waals surface area contributed by atoms with Gasteiger partial charge in [-0.05, 0) is 44.2 Å². The molecule has 0 aromatic heterocycles. The van der Waals surface area contributed by atoms with E-state index in [4.69, 9.17) is 9.84 Å². The second-order valence-electron chi connectivity index (χ2n) is 6.89. The number of hydrazone groups is 1. The van der Waals surface area contributed by atoms with E-state index in [-0.39, 0.29) is 5.41 Å². The van der Waals surface area contributed by atoms with Gasteiger partial charge in [0.1, 0.15) is 12.0 Å². The van der Waals surface area contributed by atoms with Crippen molar-refractivity contribution in [2.24, 2.45) is 5.10 Å². The lowest BCUT2D eigenvalue weighted by Crippen LogP contribution is -2.31. The van der Waals surface area contributed by atoms with Crippen molar-refractivity contribution < 1.29 is 9.31 Å². The highest BCUT2D eigenvalue weighted by Crippen LogP contribution is 2.38. The maximum atomic E-state index is 5.22. The van der Waals surface area contributed by atoms with Crippen LogP contribution in [0.5, 0.6) is 5.75 Å². The predicted octanol–water partition coefficient (Wildman–Crippen LogP) is 4.38. The molecule has 0 bridgehead atoms. The van der Waals surface area contributed by atoms with Crippen LogP contribution in [0.15, 0.2) is 66.3 Å². The molecule has 0 saturated carbocycles. The van der Waals surface area contributed by atoms with Crippen molar-refractivity contribution in [2.45, 2.75) is 19.3 Å². The first kappa shape index (κ1) is 17.9. The largest absolute Gasteiger partial charge is 0.497 e. The molecule has 134 valence electrons. The number of nitrogens with zero attached hydrogens (tertiary/aromatic N) is 3. The number of para-hydroxylation sites is 1. The van der Waals surface area contributed by atoms with Crippen molar-refractivity contribution in [2.75, 3.05) is 25.7 Å². The van der Waals surface area contributed by atoms with E-state index in [1.807, 2.05) is 48.6 Å². The molecule has 1 aliphatic rings. The molecule has 0 fully saturated rings. The summed E-state index contributed by atoms with van der Waals surface area (Å²) in [6.45, 7) is 9.15. The van der Waals surface area contributed by atoms with Gasteiger partial charge in [0.2, 0.25) is 11.4 Å². The Morgan fingerprint density at radius 2 is 1.85 bits per heavy atom. The minimum atomic E-state index is -0.107. The first-order valence-corrected chi connectivity index (χ1v) is 8.76. The van der Waals surface area contributed by atoms with Crippen LogP contribution in [0.4, 0.5) is 11.4 Å². The van der Waals surface area contributed by atoms with Crippen molar-refractivity contribution in [3.63, 3.8) is 0 Å². The second-order valence-corrected chi connectivity index (χ2v) is 6.89. The van der Waals surface area contributed by atoms with Crippen molar-refractivity contribution in [1.82, 2.24) is 0 Å². The molecule has 3 rings (SSSR count). The normalized spacial score (nSPS) is 15.2. The number of hydrogen-bond donors (Lipinski definition) is 0. The molecule has 2 aromatic rings. The predicted molar refractivity (Wildman–Crippen MR) is 109 cm³/mol. The van der Waals surface area contributed by atoms with Gasteiger partial charge < -0.3 is 4.74 Å². The fourth-order valence-electron chi connectivity index (χ4n) is 3.41. The summed E-state index contributed by atoms with van der Waals surface area (Å²) in [7, 11) is 3.62. The third kappa shape index (κ3) is 3.15. The third-order valence-electron chi connectivity index (χ3n) is 4.91. The molecule has 1 heterocycles. The molecule has 1 aliphatic heterocycles. The van der Waals surface area contributed by atoms with Crippen molar-refractivity contribution >= 4 is 23.3 Å². The maximum Gasteiger partial charge on any atom is 0.212 e. The summed E-state index contributed by atoms with van der Waals surface area (Å²) in [6.07, 6.45) is 3.90. The molecule has 0 radical (unpaired) electrons. The monoisotopic (exact) mass is 348 g/mol. The molecule has 0 amide bonds. The fraction of sp³-hybridized carbons (Fsp3) is 0.273. The zero-order valence-corrected chi connectivity index (χ0v) is 15.9. The van der Waals surface area contributed by atoms with Crippen molar-refractivity contribution in [1.29, 1.82) is 0 Å². The number of ether oxygens (including phenoxy) is 1. The van der Waals surface area contributed by atoms with E-state index >= 15 is 0 Å². The fourth-order valence-corrected chi connectivity index (χ4v) is 3.41. The highest BCUT2D eigenvalue weighted by atomic mass is 16.5. The van der Waals surface area contributed by atoms with Crippen LogP contribution in [0, 0.1) is 0 Å². The second kappa shape index (κ2) is 7.16. The number of anilines is 1. The number of benzene rings is 2. The van der Waals surface area contributed by atoms with Gasteiger partial charge in [-0.25, -0.2) is 0 Å². The van der Waals surface area contributed by atoms with E-state index in [9.17, 15) is 0 Å². The molecular formula is C22H26N3O+. The minimum absolute atomic E-state index is 0.107. The highest BCUT2D eigenvalue weighted by Gasteiger charge is 2.44. The first-order valence-electron chi connectivity index (χ1n) is 8.76.